The number of fused-ring (bicyclic) bond motifs is 1. The van der Waals surface area contributed by atoms with E-state index in [9.17, 15) is 23.1 Å². The number of carbonyl (C=O) groups excluding carboxylic acids is 1. The van der Waals surface area contributed by atoms with Gasteiger partial charge in [0, 0.05) is 56.6 Å². The van der Waals surface area contributed by atoms with Gasteiger partial charge in [-0.1, -0.05) is 18.2 Å². The first-order valence-corrected chi connectivity index (χ1v) is 8.24. The maximum Gasteiger partial charge on any atom is 0.424 e. The second kappa shape index (κ2) is 6.73. The average Bonchev–Trinajstić information content (AvgIpc) is 3.18. The molecule has 1 amide bonds. The van der Waals surface area contributed by atoms with Gasteiger partial charge in [0.25, 0.3) is 5.91 Å². The van der Waals surface area contributed by atoms with Crippen LogP contribution in [0.4, 0.5) is 13.2 Å². The summed E-state index contributed by atoms with van der Waals surface area (Å²) in [5.41, 5.74) is -1.96. The van der Waals surface area contributed by atoms with Crippen molar-refractivity contribution in [2.24, 2.45) is 14.1 Å². The summed E-state index contributed by atoms with van der Waals surface area (Å²) in [4.78, 5) is 16.1. The van der Waals surface area contributed by atoms with E-state index < -0.39 is 29.9 Å². The molecule has 0 saturated carbocycles. The Labute approximate surface area is 153 Å². The number of hydrogen-bond donors (Lipinski definition) is 2. The lowest BCUT2D eigenvalue weighted by atomic mass is 9.97. The fraction of sp³-hybridized carbons (Fsp3) is 0.333. The smallest absolute Gasteiger partial charge is 0.374 e. The molecule has 1 aromatic carbocycles. The van der Waals surface area contributed by atoms with E-state index >= 15 is 0 Å². The molecular formula is C18H19F3N4O2. The zero-order chi connectivity index (χ0) is 19.8. The lowest BCUT2D eigenvalue weighted by Gasteiger charge is -2.29. The Kier molecular flexibility index (Phi) is 4.73. The van der Waals surface area contributed by atoms with E-state index in [2.05, 4.69) is 10.3 Å². The highest BCUT2D eigenvalue weighted by Crippen LogP contribution is 2.40. The molecule has 0 bridgehead atoms. The van der Waals surface area contributed by atoms with E-state index in [1.165, 1.54) is 19.4 Å². The molecule has 0 radical (unpaired) electrons. The summed E-state index contributed by atoms with van der Waals surface area (Å²) < 4.78 is 43.3. The van der Waals surface area contributed by atoms with Gasteiger partial charge in [0.2, 0.25) is 5.60 Å². The normalized spacial score (nSPS) is 14.3. The maximum atomic E-state index is 13.5. The van der Waals surface area contributed by atoms with Crippen molar-refractivity contribution in [1.29, 1.82) is 0 Å². The van der Waals surface area contributed by atoms with E-state index in [1.807, 2.05) is 12.1 Å². The molecule has 3 aromatic rings. The third-order valence-corrected chi connectivity index (χ3v) is 4.57. The fourth-order valence-corrected chi connectivity index (χ4v) is 3.12. The highest BCUT2D eigenvalue weighted by molar-refractivity contribution is 6.06. The molecule has 2 heterocycles. The van der Waals surface area contributed by atoms with Crippen LogP contribution in [0, 0.1) is 0 Å². The number of hydrogen-bond acceptors (Lipinski definition) is 3. The van der Waals surface area contributed by atoms with Crippen molar-refractivity contribution in [2.45, 2.75) is 18.2 Å². The minimum absolute atomic E-state index is 0.362. The first-order valence-electron chi connectivity index (χ1n) is 8.24. The number of aliphatic hydroxyl groups is 1. The molecule has 3 rings (SSSR count). The number of carbonyl (C=O) groups is 1. The van der Waals surface area contributed by atoms with Crippen LogP contribution in [-0.4, -0.2) is 37.9 Å². The molecule has 0 saturated heterocycles. The second-order valence-corrected chi connectivity index (χ2v) is 6.40. The molecule has 0 aliphatic carbocycles. The summed E-state index contributed by atoms with van der Waals surface area (Å²) in [6, 6.07) is 7.22. The van der Waals surface area contributed by atoms with Gasteiger partial charge in [-0.25, -0.2) is 4.98 Å². The number of nitrogens with zero attached hydrogens (tertiary/aromatic N) is 3. The number of imidazole rings is 1. The summed E-state index contributed by atoms with van der Waals surface area (Å²) >= 11 is 0. The van der Waals surface area contributed by atoms with Gasteiger partial charge in [0.1, 0.15) is 5.82 Å². The number of alkyl halides is 3. The van der Waals surface area contributed by atoms with Gasteiger partial charge < -0.3 is 19.6 Å². The van der Waals surface area contributed by atoms with Crippen LogP contribution < -0.4 is 5.32 Å². The minimum Gasteiger partial charge on any atom is -0.374 e. The molecule has 0 fully saturated rings. The van der Waals surface area contributed by atoms with Crippen LogP contribution in [0.5, 0.6) is 0 Å². The number of aryl methyl sites for hydroxylation is 2. The van der Waals surface area contributed by atoms with Crippen LogP contribution in [0.1, 0.15) is 22.6 Å². The van der Waals surface area contributed by atoms with Crippen LogP contribution in [0.15, 0.2) is 42.9 Å². The predicted octanol–water partition coefficient (Wildman–Crippen LogP) is 2.48. The molecule has 0 aliphatic rings. The van der Waals surface area contributed by atoms with Gasteiger partial charge in [-0.05, 0) is 6.07 Å². The van der Waals surface area contributed by atoms with Crippen molar-refractivity contribution in [3.63, 3.8) is 0 Å². The Morgan fingerprint density at radius 3 is 2.56 bits per heavy atom. The van der Waals surface area contributed by atoms with Gasteiger partial charge >= 0.3 is 6.18 Å². The van der Waals surface area contributed by atoms with E-state index in [0.717, 1.165) is 10.1 Å². The quantitative estimate of drug-likeness (QED) is 0.714. The maximum absolute atomic E-state index is 13.5. The van der Waals surface area contributed by atoms with Crippen molar-refractivity contribution in [3.8, 4) is 0 Å². The molecule has 1 unspecified atom stereocenters. The Balaban J connectivity index is 1.77. The molecule has 27 heavy (non-hydrogen) atoms. The van der Waals surface area contributed by atoms with E-state index in [-0.39, 0.29) is 6.54 Å². The molecule has 6 nitrogen and oxygen atoms in total. The van der Waals surface area contributed by atoms with Crippen LogP contribution in [0.3, 0.4) is 0 Å². The Hall–Kier alpha value is -2.81. The second-order valence-electron chi connectivity index (χ2n) is 6.40. The van der Waals surface area contributed by atoms with Crippen molar-refractivity contribution >= 4 is 16.8 Å². The third kappa shape index (κ3) is 3.30. The molecule has 144 valence electrons. The lowest BCUT2D eigenvalue weighted by Crippen LogP contribution is -2.46. The highest BCUT2D eigenvalue weighted by Gasteiger charge is 2.57. The molecule has 2 aromatic heterocycles. The Morgan fingerprint density at radius 2 is 1.93 bits per heavy atom. The van der Waals surface area contributed by atoms with E-state index in [1.54, 1.807) is 29.9 Å². The van der Waals surface area contributed by atoms with Gasteiger partial charge in [0.05, 0.1) is 5.56 Å². The molecule has 0 spiro atoms. The van der Waals surface area contributed by atoms with E-state index in [0.29, 0.717) is 10.9 Å². The summed E-state index contributed by atoms with van der Waals surface area (Å²) in [6.45, 7) is -0.370. The van der Waals surface area contributed by atoms with Gasteiger partial charge in [-0.15, -0.1) is 0 Å². The third-order valence-electron chi connectivity index (χ3n) is 4.57. The van der Waals surface area contributed by atoms with Crippen molar-refractivity contribution in [1.82, 2.24) is 19.4 Å². The minimum atomic E-state index is -4.93. The predicted molar refractivity (Wildman–Crippen MR) is 93.0 cm³/mol. The fourth-order valence-electron chi connectivity index (χ4n) is 3.12. The molecule has 9 heteroatoms. The zero-order valence-corrected chi connectivity index (χ0v) is 14.8. The standard InChI is InChI=1S/C18H19F3N4O2/c1-24-10-9-23-16(24)17(27,18(19,20)21)7-8-22-15(26)13-11-25(2)14-6-4-3-5-12(13)14/h3-6,9-11,27H,7-8H2,1-2H3,(H,22,26). The number of amides is 1. The first-order chi connectivity index (χ1) is 12.6. The van der Waals surface area contributed by atoms with Gasteiger partial charge in [-0.3, -0.25) is 4.79 Å². The van der Waals surface area contributed by atoms with E-state index in [4.69, 9.17) is 0 Å². The number of benzene rings is 1. The zero-order valence-electron chi connectivity index (χ0n) is 14.8. The summed E-state index contributed by atoms with van der Waals surface area (Å²) in [5, 5.41) is 13.5. The number of para-hydroxylation sites is 1. The van der Waals surface area contributed by atoms with Crippen molar-refractivity contribution < 1.29 is 23.1 Å². The van der Waals surface area contributed by atoms with Gasteiger partial charge in [0.15, 0.2) is 0 Å². The van der Waals surface area contributed by atoms with Crippen LogP contribution in [0.25, 0.3) is 10.9 Å². The molecular weight excluding hydrogens is 361 g/mol. The first kappa shape index (κ1) is 19.0. The number of nitrogens with one attached hydrogen (secondary N) is 1. The van der Waals surface area contributed by atoms with Gasteiger partial charge in [-0.2, -0.15) is 13.2 Å². The van der Waals surface area contributed by atoms with Crippen LogP contribution in [0.2, 0.25) is 0 Å². The number of halogens is 3. The summed E-state index contributed by atoms with van der Waals surface area (Å²) in [5.74, 6) is -1.02. The van der Waals surface area contributed by atoms with Crippen molar-refractivity contribution in [3.05, 3.63) is 54.2 Å². The SMILES string of the molecule is Cn1ccnc1C(O)(CCNC(=O)c1cn(C)c2ccccc12)C(F)(F)F. The molecule has 0 aliphatic heterocycles. The van der Waals surface area contributed by atoms with Crippen LogP contribution in [-0.2, 0) is 19.7 Å². The molecule has 2 N–H and O–H groups in total. The average molecular weight is 380 g/mol. The van der Waals surface area contributed by atoms with Crippen LogP contribution >= 0.6 is 0 Å². The number of aromatic nitrogens is 3. The summed E-state index contributed by atoms with van der Waals surface area (Å²) in [7, 11) is 3.15. The molecule has 1 atom stereocenters. The highest BCUT2D eigenvalue weighted by atomic mass is 19.4. The number of rotatable bonds is 5. The topological polar surface area (TPSA) is 72.1 Å². The van der Waals surface area contributed by atoms with Crippen molar-refractivity contribution in [2.75, 3.05) is 6.54 Å². The monoisotopic (exact) mass is 380 g/mol. The summed E-state index contributed by atoms with van der Waals surface area (Å²) in [6.07, 6.45) is -1.57. The Bertz CT molecular complexity index is 977. The Morgan fingerprint density at radius 1 is 1.22 bits per heavy atom. The largest absolute Gasteiger partial charge is 0.424 e. The lowest BCUT2D eigenvalue weighted by molar-refractivity contribution is -0.272.